The third-order valence-corrected chi connectivity index (χ3v) is 4.78. The predicted octanol–water partition coefficient (Wildman–Crippen LogP) is 4.26. The third kappa shape index (κ3) is 5.70. The number of aryl methyl sites for hydroxylation is 1. The lowest BCUT2D eigenvalue weighted by Crippen LogP contribution is -2.36. The number of amides is 1. The molecule has 0 aliphatic heterocycles. The molecule has 3 aromatic rings. The third-order valence-electron chi connectivity index (χ3n) is 4.78. The normalized spacial score (nSPS) is 11.9. The number of carbonyl (C=O) groups is 2. The van der Waals surface area contributed by atoms with Gasteiger partial charge in [0.05, 0.1) is 6.61 Å². The van der Waals surface area contributed by atoms with Crippen molar-refractivity contribution in [3.63, 3.8) is 0 Å². The summed E-state index contributed by atoms with van der Waals surface area (Å²) < 4.78 is 16.3. The van der Waals surface area contributed by atoms with Crippen LogP contribution in [-0.2, 0) is 27.3 Å². The highest BCUT2D eigenvalue weighted by Gasteiger charge is 2.22. The van der Waals surface area contributed by atoms with Gasteiger partial charge in [0.25, 0.3) is 5.91 Å². The quantitative estimate of drug-likeness (QED) is 0.506. The Labute approximate surface area is 176 Å². The monoisotopic (exact) mass is 409 g/mol. The van der Waals surface area contributed by atoms with E-state index in [4.69, 9.17) is 13.9 Å². The molecule has 0 saturated heterocycles. The molecule has 1 N–H and O–H groups in total. The van der Waals surface area contributed by atoms with Crippen molar-refractivity contribution in [2.24, 2.45) is 0 Å². The molecule has 1 amide bonds. The molecule has 0 radical (unpaired) electrons. The summed E-state index contributed by atoms with van der Waals surface area (Å²) in [6.45, 7) is 4.20. The fourth-order valence-corrected chi connectivity index (χ4v) is 3.22. The molecule has 1 atom stereocenters. The minimum absolute atomic E-state index is 0.0314. The van der Waals surface area contributed by atoms with E-state index in [1.165, 1.54) is 5.56 Å². The zero-order valence-corrected chi connectivity index (χ0v) is 17.4. The molecule has 1 heterocycles. The first kappa shape index (κ1) is 21.6. The van der Waals surface area contributed by atoms with E-state index in [2.05, 4.69) is 17.4 Å². The highest BCUT2D eigenvalue weighted by molar-refractivity contribution is 5.96. The zero-order valence-electron chi connectivity index (χ0n) is 17.4. The maximum absolute atomic E-state index is 12.5. The number of esters is 1. The second-order valence-electron chi connectivity index (χ2n) is 7.11. The molecule has 6 nitrogen and oxygen atoms in total. The highest BCUT2D eigenvalue weighted by atomic mass is 16.5. The summed E-state index contributed by atoms with van der Waals surface area (Å²) in [6, 6.07) is 17.4. The van der Waals surface area contributed by atoms with Gasteiger partial charge in [-0.25, -0.2) is 4.79 Å². The standard InChI is InChI=1S/C24H27NO5/c1-3-28-15-20-19-11-7-8-12-21(19)30-23(20)24(27)29-16-22(26)25-17(2)13-14-18-9-5-4-6-10-18/h4-12,17H,3,13-16H2,1-2H3,(H,25,26). The number of furan rings is 1. The Morgan fingerprint density at radius 2 is 1.80 bits per heavy atom. The zero-order chi connectivity index (χ0) is 21.3. The maximum atomic E-state index is 12.5. The first-order valence-electron chi connectivity index (χ1n) is 10.2. The molecule has 2 aromatic carbocycles. The lowest BCUT2D eigenvalue weighted by atomic mass is 10.1. The van der Waals surface area contributed by atoms with Crippen molar-refractivity contribution in [1.82, 2.24) is 5.32 Å². The van der Waals surface area contributed by atoms with Gasteiger partial charge in [-0.3, -0.25) is 4.79 Å². The van der Waals surface area contributed by atoms with Gasteiger partial charge in [0.1, 0.15) is 5.58 Å². The Hall–Kier alpha value is -3.12. The van der Waals surface area contributed by atoms with Crippen LogP contribution in [0, 0.1) is 0 Å². The van der Waals surface area contributed by atoms with Crippen molar-refractivity contribution in [2.45, 2.75) is 39.3 Å². The van der Waals surface area contributed by atoms with Gasteiger partial charge in [0.2, 0.25) is 5.76 Å². The molecule has 0 fully saturated rings. The molecule has 0 aliphatic carbocycles. The Kier molecular flexibility index (Phi) is 7.63. The van der Waals surface area contributed by atoms with Crippen LogP contribution in [0.5, 0.6) is 0 Å². The summed E-state index contributed by atoms with van der Waals surface area (Å²) >= 11 is 0. The van der Waals surface area contributed by atoms with Crippen LogP contribution >= 0.6 is 0 Å². The van der Waals surface area contributed by atoms with Crippen LogP contribution < -0.4 is 5.32 Å². The molecule has 158 valence electrons. The average molecular weight is 409 g/mol. The van der Waals surface area contributed by atoms with Crippen LogP contribution in [-0.4, -0.2) is 31.1 Å². The van der Waals surface area contributed by atoms with Crippen molar-refractivity contribution < 1.29 is 23.5 Å². The summed E-state index contributed by atoms with van der Waals surface area (Å²) in [7, 11) is 0. The van der Waals surface area contributed by atoms with Crippen LogP contribution in [0.1, 0.15) is 41.9 Å². The van der Waals surface area contributed by atoms with Crippen molar-refractivity contribution in [3.8, 4) is 0 Å². The molecule has 0 spiro atoms. The largest absolute Gasteiger partial charge is 0.450 e. The molecule has 3 rings (SSSR count). The molecule has 0 aliphatic rings. The van der Waals surface area contributed by atoms with Crippen LogP contribution in [0.3, 0.4) is 0 Å². The van der Waals surface area contributed by atoms with E-state index < -0.39 is 5.97 Å². The van der Waals surface area contributed by atoms with Gasteiger partial charge in [-0.15, -0.1) is 0 Å². The summed E-state index contributed by atoms with van der Waals surface area (Å²) in [4.78, 5) is 24.7. The van der Waals surface area contributed by atoms with E-state index in [1.807, 2.05) is 50.2 Å². The van der Waals surface area contributed by atoms with E-state index in [9.17, 15) is 9.59 Å². The number of benzene rings is 2. The Bertz CT molecular complexity index is 980. The molecule has 6 heteroatoms. The van der Waals surface area contributed by atoms with E-state index >= 15 is 0 Å². The second-order valence-corrected chi connectivity index (χ2v) is 7.11. The van der Waals surface area contributed by atoms with Crippen molar-refractivity contribution in [1.29, 1.82) is 0 Å². The lowest BCUT2D eigenvalue weighted by molar-refractivity contribution is -0.124. The first-order chi connectivity index (χ1) is 14.6. The van der Waals surface area contributed by atoms with Crippen molar-refractivity contribution in [2.75, 3.05) is 13.2 Å². The van der Waals surface area contributed by atoms with E-state index in [-0.39, 0.29) is 30.9 Å². The summed E-state index contributed by atoms with van der Waals surface area (Å²) in [5.74, 6) is -0.936. The fourth-order valence-electron chi connectivity index (χ4n) is 3.22. The maximum Gasteiger partial charge on any atom is 0.375 e. The summed E-state index contributed by atoms with van der Waals surface area (Å²) in [5.41, 5.74) is 2.43. The molecule has 0 bridgehead atoms. The number of rotatable bonds is 10. The van der Waals surface area contributed by atoms with Gasteiger partial charge < -0.3 is 19.2 Å². The number of para-hydroxylation sites is 1. The van der Waals surface area contributed by atoms with Crippen LogP contribution in [0.25, 0.3) is 11.0 Å². The number of carbonyl (C=O) groups excluding carboxylic acids is 2. The molecule has 1 unspecified atom stereocenters. The number of hydrogen-bond donors (Lipinski definition) is 1. The van der Waals surface area contributed by atoms with Gasteiger partial charge >= 0.3 is 5.97 Å². The van der Waals surface area contributed by atoms with Crippen LogP contribution in [0.2, 0.25) is 0 Å². The predicted molar refractivity (Wildman–Crippen MR) is 114 cm³/mol. The SMILES string of the molecule is CCOCc1c(C(=O)OCC(=O)NC(C)CCc2ccccc2)oc2ccccc12. The summed E-state index contributed by atoms with van der Waals surface area (Å²) in [5, 5.41) is 3.66. The Morgan fingerprint density at radius 3 is 2.57 bits per heavy atom. The topological polar surface area (TPSA) is 77.8 Å². The summed E-state index contributed by atoms with van der Waals surface area (Å²) in [6.07, 6.45) is 1.66. The second kappa shape index (κ2) is 10.6. The number of fused-ring (bicyclic) bond motifs is 1. The Morgan fingerprint density at radius 1 is 1.07 bits per heavy atom. The average Bonchev–Trinajstić information content (AvgIpc) is 3.14. The minimum atomic E-state index is -0.673. The smallest absolute Gasteiger partial charge is 0.375 e. The molecule has 1 aromatic heterocycles. The fraction of sp³-hybridized carbons (Fsp3) is 0.333. The first-order valence-corrected chi connectivity index (χ1v) is 10.2. The lowest BCUT2D eigenvalue weighted by Gasteiger charge is -2.14. The van der Waals surface area contributed by atoms with Gasteiger partial charge in [-0.2, -0.15) is 0 Å². The van der Waals surface area contributed by atoms with Gasteiger partial charge in [0.15, 0.2) is 6.61 Å². The van der Waals surface area contributed by atoms with E-state index in [1.54, 1.807) is 6.07 Å². The van der Waals surface area contributed by atoms with Gasteiger partial charge in [-0.1, -0.05) is 48.5 Å². The Balaban J connectivity index is 1.54. The molecular weight excluding hydrogens is 382 g/mol. The number of nitrogens with one attached hydrogen (secondary N) is 1. The van der Waals surface area contributed by atoms with E-state index in [0.29, 0.717) is 17.8 Å². The molecular formula is C24H27NO5. The van der Waals surface area contributed by atoms with Crippen molar-refractivity contribution in [3.05, 3.63) is 71.5 Å². The number of hydrogen-bond acceptors (Lipinski definition) is 5. The van der Waals surface area contributed by atoms with Crippen LogP contribution in [0.15, 0.2) is 59.0 Å². The number of ether oxygens (including phenoxy) is 2. The van der Waals surface area contributed by atoms with Crippen LogP contribution in [0.4, 0.5) is 0 Å². The van der Waals surface area contributed by atoms with Gasteiger partial charge in [-0.05, 0) is 38.3 Å². The molecule has 0 saturated carbocycles. The van der Waals surface area contributed by atoms with Crippen molar-refractivity contribution >= 4 is 22.8 Å². The minimum Gasteiger partial charge on any atom is -0.450 e. The highest BCUT2D eigenvalue weighted by Crippen LogP contribution is 2.27. The molecule has 30 heavy (non-hydrogen) atoms. The van der Waals surface area contributed by atoms with E-state index in [0.717, 1.165) is 18.2 Å². The van der Waals surface area contributed by atoms with Gasteiger partial charge in [0, 0.05) is 23.6 Å².